The van der Waals surface area contributed by atoms with Crippen LogP contribution in [0.2, 0.25) is 0 Å². The van der Waals surface area contributed by atoms with E-state index >= 15 is 0 Å². The van der Waals surface area contributed by atoms with Crippen LogP contribution in [0.5, 0.6) is 11.5 Å². The van der Waals surface area contributed by atoms with Crippen molar-refractivity contribution in [3.63, 3.8) is 0 Å². The van der Waals surface area contributed by atoms with Crippen LogP contribution >= 0.6 is 11.8 Å². The van der Waals surface area contributed by atoms with E-state index < -0.39 is 52.6 Å². The molecule has 2 saturated heterocycles. The highest BCUT2D eigenvalue weighted by Gasteiger charge is 2.44. The first-order chi connectivity index (χ1) is 25.7. The lowest BCUT2D eigenvalue weighted by molar-refractivity contribution is -0.275. The summed E-state index contributed by atoms with van der Waals surface area (Å²) in [6.45, 7) is 3.14. The number of alkyl halides is 6. The maximum absolute atomic E-state index is 12.5. The number of ether oxygens (including phenoxy) is 2. The molecule has 3 atom stereocenters. The molecule has 4 N–H and O–H groups in total. The Bertz CT molecular complexity index is 2080. The number of urea groups is 2. The Hall–Kier alpha value is -5.56. The lowest BCUT2D eigenvalue weighted by Crippen LogP contribution is -2.48. The van der Waals surface area contributed by atoms with Crippen molar-refractivity contribution in [1.29, 1.82) is 0 Å². The van der Waals surface area contributed by atoms with Crippen molar-refractivity contribution in [2.75, 3.05) is 11.5 Å². The van der Waals surface area contributed by atoms with Gasteiger partial charge in [0.15, 0.2) is 0 Å². The SMILES string of the molecule is CC1(CS(=O)c2ccc(-c3ccc(OC(F)(F)F)cc3)cc2)NC(=O)NC1=O.CC1(CSc2ccc(-c3ccc(OC(F)(F)F)cc3)cc2)NC(=O)NC1=O. The Labute approximate surface area is 316 Å². The molecule has 19 heteroatoms. The quantitative estimate of drug-likeness (QED) is 0.0768. The summed E-state index contributed by atoms with van der Waals surface area (Å²) in [5.74, 6) is -1.22. The van der Waals surface area contributed by atoms with Gasteiger partial charge in [-0.05, 0) is 84.6 Å². The molecule has 0 aromatic heterocycles. The van der Waals surface area contributed by atoms with Crippen LogP contribution in [-0.4, -0.2) is 63.4 Å². The summed E-state index contributed by atoms with van der Waals surface area (Å²) in [7, 11) is -1.55. The molecular weight excluding hydrogens is 779 g/mol. The fraction of sp³-hybridized carbons (Fsp3) is 0.222. The fourth-order valence-electron chi connectivity index (χ4n) is 5.18. The minimum Gasteiger partial charge on any atom is -0.406 e. The number of amides is 6. The van der Waals surface area contributed by atoms with Gasteiger partial charge in [-0.3, -0.25) is 24.4 Å². The predicted molar refractivity (Wildman–Crippen MR) is 189 cm³/mol. The zero-order valence-electron chi connectivity index (χ0n) is 28.6. The highest BCUT2D eigenvalue weighted by atomic mass is 32.2. The standard InChI is InChI=1S/C18H15F3N2O4S.C18H15F3N2O3S/c1-17(15(24)22-16(25)23-17)10-28(26)14-8-4-12(5-9-14)11-2-6-13(7-3-11)27-18(19,20)21;1-17(15(24)22-16(25)23-17)10-27-14-8-4-12(5-9-14)11-2-6-13(7-3-11)26-18(19,20)21/h2-9H,10H2,1H3,(H2,22,23,24,25);2-9H,10H2,1H3,(H2,22,23,24,25). The van der Waals surface area contributed by atoms with Crippen molar-refractivity contribution in [2.24, 2.45) is 0 Å². The first-order valence-electron chi connectivity index (χ1n) is 15.9. The average molecular weight is 809 g/mol. The van der Waals surface area contributed by atoms with E-state index in [1.54, 1.807) is 43.3 Å². The molecule has 6 amide bonds. The summed E-state index contributed by atoms with van der Waals surface area (Å²) < 4.78 is 93.4. The van der Waals surface area contributed by atoms with Crippen LogP contribution < -0.4 is 30.7 Å². The van der Waals surface area contributed by atoms with E-state index in [9.17, 15) is 49.7 Å². The smallest absolute Gasteiger partial charge is 0.406 e. The minimum atomic E-state index is -4.75. The summed E-state index contributed by atoms with van der Waals surface area (Å²) in [6.07, 6.45) is -9.47. The van der Waals surface area contributed by atoms with Crippen LogP contribution in [0.1, 0.15) is 13.8 Å². The van der Waals surface area contributed by atoms with Gasteiger partial charge in [0.05, 0.1) is 16.6 Å². The molecule has 3 unspecified atom stereocenters. The molecule has 2 fully saturated rings. The van der Waals surface area contributed by atoms with E-state index in [1.807, 2.05) is 24.3 Å². The third-order valence-electron chi connectivity index (χ3n) is 8.00. The van der Waals surface area contributed by atoms with Gasteiger partial charge in [0.1, 0.15) is 22.6 Å². The number of carbonyl (C=O) groups excluding carboxylic acids is 4. The predicted octanol–water partition coefficient (Wildman–Crippen LogP) is 6.90. The van der Waals surface area contributed by atoms with Gasteiger partial charge in [-0.25, -0.2) is 9.59 Å². The Balaban J connectivity index is 0.000000211. The number of nitrogens with one attached hydrogen (secondary N) is 4. The molecule has 4 aromatic rings. The van der Waals surface area contributed by atoms with Crippen molar-refractivity contribution in [3.8, 4) is 33.8 Å². The maximum Gasteiger partial charge on any atom is 0.573 e. The highest BCUT2D eigenvalue weighted by Crippen LogP contribution is 2.31. The molecule has 2 aliphatic rings. The van der Waals surface area contributed by atoms with E-state index in [0.717, 1.165) is 16.0 Å². The number of halogens is 6. The van der Waals surface area contributed by atoms with Crippen molar-refractivity contribution in [1.82, 2.24) is 21.3 Å². The molecule has 0 radical (unpaired) electrons. The van der Waals surface area contributed by atoms with E-state index in [-0.39, 0.29) is 23.2 Å². The zero-order chi connectivity index (χ0) is 40.2. The third kappa shape index (κ3) is 11.0. The Morgan fingerprint density at radius 2 is 0.945 bits per heavy atom. The Morgan fingerprint density at radius 3 is 1.31 bits per heavy atom. The number of hydrogen-bond donors (Lipinski definition) is 4. The third-order valence-corrected chi connectivity index (χ3v) is 11.0. The Kier molecular flexibility index (Phi) is 11.8. The normalized spacial score (nSPS) is 20.0. The summed E-state index contributed by atoms with van der Waals surface area (Å²) in [5.41, 5.74) is 0.717. The molecule has 6 rings (SSSR count). The molecule has 0 bridgehead atoms. The van der Waals surface area contributed by atoms with Crippen LogP contribution in [0.25, 0.3) is 22.3 Å². The Morgan fingerprint density at radius 1 is 0.582 bits per heavy atom. The first-order valence-corrected chi connectivity index (χ1v) is 18.2. The number of rotatable bonds is 10. The lowest BCUT2D eigenvalue weighted by atomic mass is 10.1. The molecule has 2 heterocycles. The van der Waals surface area contributed by atoms with Gasteiger partial charge in [0, 0.05) is 15.5 Å². The summed E-state index contributed by atoms with van der Waals surface area (Å²) in [4.78, 5) is 47.5. The summed E-state index contributed by atoms with van der Waals surface area (Å²) >= 11 is 1.41. The average Bonchev–Trinajstić information content (AvgIpc) is 3.52. The van der Waals surface area contributed by atoms with Gasteiger partial charge in [0.2, 0.25) is 0 Å². The second kappa shape index (κ2) is 16.0. The molecule has 0 spiro atoms. The van der Waals surface area contributed by atoms with Crippen molar-refractivity contribution < 1.29 is 59.2 Å². The number of hydrogen-bond acceptors (Lipinski definition) is 8. The van der Waals surface area contributed by atoms with Crippen molar-refractivity contribution in [3.05, 3.63) is 97.1 Å². The second-order valence-electron chi connectivity index (χ2n) is 12.5. The maximum atomic E-state index is 12.5. The zero-order valence-corrected chi connectivity index (χ0v) is 30.2. The first kappa shape index (κ1) is 40.6. The molecular formula is C36H30F6N4O7S2. The number of benzene rings is 4. The topological polar surface area (TPSA) is 152 Å². The number of carbonyl (C=O) groups is 4. The van der Waals surface area contributed by atoms with Crippen LogP contribution in [0.4, 0.5) is 35.9 Å². The van der Waals surface area contributed by atoms with Crippen molar-refractivity contribution >= 4 is 46.4 Å². The number of thioether (sulfide) groups is 1. The minimum absolute atomic E-state index is 0.0899. The van der Waals surface area contributed by atoms with Crippen LogP contribution in [0.15, 0.2) is 107 Å². The van der Waals surface area contributed by atoms with Crippen LogP contribution in [-0.2, 0) is 20.4 Å². The molecule has 0 aliphatic carbocycles. The molecule has 290 valence electrons. The summed E-state index contributed by atoms with van der Waals surface area (Å²) in [5, 5.41) is 9.37. The lowest BCUT2D eigenvalue weighted by Gasteiger charge is -2.19. The fourth-order valence-corrected chi connectivity index (χ4v) is 7.50. The van der Waals surface area contributed by atoms with Crippen LogP contribution in [0.3, 0.4) is 0 Å². The van der Waals surface area contributed by atoms with E-state index in [4.69, 9.17) is 0 Å². The number of imide groups is 2. The van der Waals surface area contributed by atoms with Gasteiger partial charge < -0.3 is 20.1 Å². The largest absolute Gasteiger partial charge is 0.573 e. The molecule has 2 aliphatic heterocycles. The molecule has 4 aromatic carbocycles. The van der Waals surface area contributed by atoms with E-state index in [0.29, 0.717) is 21.8 Å². The molecule has 55 heavy (non-hydrogen) atoms. The van der Waals surface area contributed by atoms with Gasteiger partial charge in [0.25, 0.3) is 11.8 Å². The summed E-state index contributed by atoms with van der Waals surface area (Å²) in [6, 6.07) is 23.7. The van der Waals surface area contributed by atoms with Crippen molar-refractivity contribution in [2.45, 2.75) is 47.4 Å². The second-order valence-corrected chi connectivity index (χ2v) is 15.0. The van der Waals surface area contributed by atoms with Crippen LogP contribution in [0, 0.1) is 0 Å². The van der Waals surface area contributed by atoms with E-state index in [1.165, 1.54) is 55.1 Å². The molecule has 0 saturated carbocycles. The van der Waals surface area contributed by atoms with Gasteiger partial charge in [-0.1, -0.05) is 48.5 Å². The van der Waals surface area contributed by atoms with Gasteiger partial charge in [-0.15, -0.1) is 38.1 Å². The van der Waals surface area contributed by atoms with Gasteiger partial charge >= 0.3 is 24.8 Å². The highest BCUT2D eigenvalue weighted by molar-refractivity contribution is 7.99. The van der Waals surface area contributed by atoms with E-state index in [2.05, 4.69) is 30.7 Å². The van der Waals surface area contributed by atoms with Gasteiger partial charge in [-0.2, -0.15) is 0 Å². The monoisotopic (exact) mass is 808 g/mol. The molecule has 11 nitrogen and oxygen atoms in total.